The molecule has 0 saturated heterocycles. The zero-order valence-electron chi connectivity index (χ0n) is 16.1. The van der Waals surface area contributed by atoms with Gasteiger partial charge in [-0.05, 0) is 49.1 Å². The first-order chi connectivity index (χ1) is 14.5. The van der Waals surface area contributed by atoms with Gasteiger partial charge in [-0.1, -0.05) is 30.3 Å². The summed E-state index contributed by atoms with van der Waals surface area (Å²) >= 11 is 1.53. The molecular weight excluding hydrogens is 401 g/mol. The average Bonchev–Trinajstić information content (AvgIpc) is 3.18. The van der Waals surface area contributed by atoms with E-state index in [0.29, 0.717) is 21.9 Å². The fourth-order valence-electron chi connectivity index (χ4n) is 4.46. The Bertz CT molecular complexity index is 1180. The smallest absolute Gasteiger partial charge is 0.275 e. The summed E-state index contributed by atoms with van der Waals surface area (Å²) in [6, 6.07) is 12.0. The standard InChI is InChI=1S/C22H20FN5OS/c23-16-8-7-14(10-15(16)22-9-3-4-13(22)12-30-21(24)28-22)26-20(29)19-11-25-17-5-1-2-6-18(17)27-19/h1-2,5-8,10-11,13H,3-4,9,12H2,(H2,24,28)(H,26,29)/t13-,22-/m0/s1. The van der Waals surface area contributed by atoms with Crippen LogP contribution in [0.3, 0.4) is 0 Å². The highest BCUT2D eigenvalue weighted by Gasteiger charge is 2.48. The van der Waals surface area contributed by atoms with Crippen molar-refractivity contribution in [3.05, 3.63) is 65.7 Å². The summed E-state index contributed by atoms with van der Waals surface area (Å²) in [5, 5.41) is 3.32. The molecule has 1 fully saturated rings. The summed E-state index contributed by atoms with van der Waals surface area (Å²) < 4.78 is 14.9. The minimum Gasteiger partial charge on any atom is -0.379 e. The van der Waals surface area contributed by atoms with Crippen molar-refractivity contribution < 1.29 is 9.18 Å². The van der Waals surface area contributed by atoms with Gasteiger partial charge in [0.25, 0.3) is 5.91 Å². The third-order valence-corrected chi connectivity index (χ3v) is 6.86. The number of halogens is 1. The van der Waals surface area contributed by atoms with Crippen LogP contribution in [0.1, 0.15) is 35.3 Å². The third kappa shape index (κ3) is 3.21. The largest absolute Gasteiger partial charge is 0.379 e. The number of carbonyl (C=O) groups excluding carboxylic acids is 1. The van der Waals surface area contributed by atoms with Gasteiger partial charge in [0, 0.05) is 17.0 Å². The number of nitrogens with two attached hydrogens (primary N) is 1. The molecule has 30 heavy (non-hydrogen) atoms. The van der Waals surface area contributed by atoms with Crippen molar-refractivity contribution in [2.75, 3.05) is 11.1 Å². The molecule has 1 saturated carbocycles. The van der Waals surface area contributed by atoms with Crippen LogP contribution in [0, 0.1) is 11.7 Å². The maximum atomic E-state index is 14.9. The highest BCUT2D eigenvalue weighted by molar-refractivity contribution is 8.13. The summed E-state index contributed by atoms with van der Waals surface area (Å²) in [6.45, 7) is 0. The molecule has 2 heterocycles. The number of para-hydroxylation sites is 2. The van der Waals surface area contributed by atoms with Gasteiger partial charge in [-0.3, -0.25) is 14.8 Å². The lowest BCUT2D eigenvalue weighted by atomic mass is 9.81. The number of anilines is 1. The number of benzene rings is 2. The lowest BCUT2D eigenvalue weighted by molar-refractivity contribution is 0.102. The Balaban J connectivity index is 1.47. The van der Waals surface area contributed by atoms with Gasteiger partial charge in [0.15, 0.2) is 5.17 Å². The second-order valence-electron chi connectivity index (χ2n) is 7.67. The molecule has 1 aliphatic carbocycles. The van der Waals surface area contributed by atoms with Crippen molar-refractivity contribution in [1.29, 1.82) is 0 Å². The molecular formula is C22H20FN5OS. The molecule has 0 radical (unpaired) electrons. The first-order valence-electron chi connectivity index (χ1n) is 9.86. The fourth-order valence-corrected chi connectivity index (χ4v) is 5.50. The van der Waals surface area contributed by atoms with E-state index in [9.17, 15) is 9.18 Å². The monoisotopic (exact) mass is 421 g/mol. The van der Waals surface area contributed by atoms with Crippen LogP contribution in [0.5, 0.6) is 0 Å². The highest BCUT2D eigenvalue weighted by atomic mass is 32.2. The topological polar surface area (TPSA) is 93.3 Å². The molecule has 3 N–H and O–H groups in total. The Morgan fingerprint density at radius 1 is 1.23 bits per heavy atom. The highest BCUT2D eigenvalue weighted by Crippen LogP contribution is 2.51. The van der Waals surface area contributed by atoms with E-state index in [1.54, 1.807) is 18.2 Å². The van der Waals surface area contributed by atoms with Gasteiger partial charge in [0.05, 0.1) is 22.8 Å². The van der Waals surface area contributed by atoms with Crippen molar-refractivity contribution >= 4 is 39.6 Å². The van der Waals surface area contributed by atoms with Crippen LogP contribution in [0.4, 0.5) is 10.1 Å². The number of amides is 1. The summed E-state index contributed by atoms with van der Waals surface area (Å²) in [6.07, 6.45) is 4.16. The molecule has 1 amide bonds. The Morgan fingerprint density at radius 3 is 2.93 bits per heavy atom. The molecule has 2 aromatic carbocycles. The molecule has 1 aromatic heterocycles. The second-order valence-corrected chi connectivity index (χ2v) is 8.71. The number of fused-ring (bicyclic) bond motifs is 2. The number of carbonyl (C=O) groups is 1. The number of nitrogens with zero attached hydrogens (tertiary/aromatic N) is 3. The second kappa shape index (κ2) is 7.36. The Kier molecular flexibility index (Phi) is 4.66. The van der Waals surface area contributed by atoms with Crippen LogP contribution in [0.25, 0.3) is 11.0 Å². The zero-order valence-corrected chi connectivity index (χ0v) is 17.0. The van der Waals surface area contributed by atoms with E-state index in [0.717, 1.165) is 30.5 Å². The Hall–Kier alpha value is -3.00. The number of aliphatic imine (C=N–C) groups is 1. The van der Waals surface area contributed by atoms with E-state index in [-0.39, 0.29) is 17.4 Å². The molecule has 0 bridgehead atoms. The van der Waals surface area contributed by atoms with Crippen molar-refractivity contribution in [3.8, 4) is 0 Å². The number of aromatic nitrogens is 2. The molecule has 5 rings (SSSR count). The van der Waals surface area contributed by atoms with Crippen molar-refractivity contribution in [2.24, 2.45) is 16.6 Å². The van der Waals surface area contributed by atoms with Crippen LogP contribution < -0.4 is 11.1 Å². The lowest BCUT2D eigenvalue weighted by Crippen LogP contribution is -2.37. The first-order valence-corrected chi connectivity index (χ1v) is 10.8. The third-order valence-electron chi connectivity index (χ3n) is 5.90. The lowest BCUT2D eigenvalue weighted by Gasteiger charge is -2.36. The molecule has 3 aromatic rings. The number of nitrogens with one attached hydrogen (secondary N) is 1. The predicted octanol–water partition coefficient (Wildman–Crippen LogP) is 4.08. The van der Waals surface area contributed by atoms with E-state index < -0.39 is 11.4 Å². The van der Waals surface area contributed by atoms with Crippen LogP contribution in [-0.4, -0.2) is 26.8 Å². The van der Waals surface area contributed by atoms with Crippen LogP contribution in [0.2, 0.25) is 0 Å². The number of amidine groups is 1. The molecule has 0 unspecified atom stereocenters. The number of rotatable bonds is 3. The van der Waals surface area contributed by atoms with Crippen LogP contribution in [-0.2, 0) is 5.54 Å². The maximum absolute atomic E-state index is 14.9. The van der Waals surface area contributed by atoms with Crippen molar-refractivity contribution in [2.45, 2.75) is 24.8 Å². The Labute approximate surface area is 177 Å². The molecule has 152 valence electrons. The van der Waals surface area contributed by atoms with Gasteiger partial charge in [-0.25, -0.2) is 9.37 Å². The van der Waals surface area contributed by atoms with Gasteiger partial charge in [0.2, 0.25) is 0 Å². The minimum atomic E-state index is -0.650. The molecule has 2 atom stereocenters. The molecule has 0 spiro atoms. The van der Waals surface area contributed by atoms with Crippen LogP contribution in [0.15, 0.2) is 53.7 Å². The molecule has 1 aliphatic heterocycles. The minimum absolute atomic E-state index is 0.202. The zero-order chi connectivity index (χ0) is 20.7. The van der Waals surface area contributed by atoms with Crippen molar-refractivity contribution in [3.63, 3.8) is 0 Å². The summed E-state index contributed by atoms with van der Waals surface area (Å²) in [4.78, 5) is 26.1. The van der Waals surface area contributed by atoms with Crippen LogP contribution >= 0.6 is 11.8 Å². The van der Waals surface area contributed by atoms with Crippen molar-refractivity contribution in [1.82, 2.24) is 9.97 Å². The SMILES string of the molecule is NC1=N[C@@]2(c3cc(NC(=O)c4cnc5ccccc5n4)ccc3F)CCC[C@H]2CS1. The van der Waals surface area contributed by atoms with Gasteiger partial charge >= 0.3 is 0 Å². The normalized spacial score (nSPS) is 23.1. The predicted molar refractivity (Wildman–Crippen MR) is 117 cm³/mol. The summed E-state index contributed by atoms with van der Waals surface area (Å²) in [5.41, 5.74) is 7.91. The quantitative estimate of drug-likeness (QED) is 0.665. The molecule has 6 nitrogen and oxygen atoms in total. The van der Waals surface area contributed by atoms with E-state index in [1.807, 2.05) is 18.2 Å². The molecule has 2 aliphatic rings. The number of hydrogen-bond donors (Lipinski definition) is 2. The fraction of sp³-hybridized carbons (Fsp3) is 0.273. The first kappa shape index (κ1) is 19.0. The average molecular weight is 422 g/mol. The van der Waals surface area contributed by atoms with Gasteiger partial charge in [-0.15, -0.1) is 0 Å². The van der Waals surface area contributed by atoms with E-state index in [1.165, 1.54) is 24.0 Å². The van der Waals surface area contributed by atoms with Gasteiger partial charge in [0.1, 0.15) is 11.5 Å². The summed E-state index contributed by atoms with van der Waals surface area (Å²) in [7, 11) is 0. The van der Waals surface area contributed by atoms with Gasteiger partial charge in [-0.2, -0.15) is 0 Å². The number of thioether (sulfide) groups is 1. The summed E-state index contributed by atoms with van der Waals surface area (Å²) in [5.74, 6) is 0.349. The maximum Gasteiger partial charge on any atom is 0.275 e. The van der Waals surface area contributed by atoms with E-state index in [4.69, 9.17) is 10.7 Å². The number of hydrogen-bond acceptors (Lipinski definition) is 6. The van der Waals surface area contributed by atoms with Gasteiger partial charge < -0.3 is 11.1 Å². The van der Waals surface area contributed by atoms with E-state index in [2.05, 4.69) is 15.3 Å². The van der Waals surface area contributed by atoms with E-state index >= 15 is 0 Å². The Morgan fingerprint density at radius 2 is 2.07 bits per heavy atom. The molecule has 8 heteroatoms.